The molecule has 29 heavy (non-hydrogen) atoms. The van der Waals surface area contributed by atoms with Crippen LogP contribution in [0.3, 0.4) is 0 Å². The Hall–Kier alpha value is -3.02. The maximum Gasteiger partial charge on any atom is 0.251 e. The van der Waals surface area contributed by atoms with Crippen molar-refractivity contribution in [2.75, 3.05) is 19.8 Å². The van der Waals surface area contributed by atoms with E-state index in [2.05, 4.69) is 10.6 Å². The Morgan fingerprint density at radius 2 is 1.69 bits per heavy atom. The smallest absolute Gasteiger partial charge is 0.251 e. The van der Waals surface area contributed by atoms with Gasteiger partial charge in [0.25, 0.3) is 5.91 Å². The molecular weight excluding hydrogens is 368 g/mol. The summed E-state index contributed by atoms with van der Waals surface area (Å²) in [5, 5.41) is 5.75. The summed E-state index contributed by atoms with van der Waals surface area (Å²) in [6, 6.07) is 12.8. The van der Waals surface area contributed by atoms with Crippen LogP contribution in [0.2, 0.25) is 0 Å². The van der Waals surface area contributed by atoms with Gasteiger partial charge >= 0.3 is 0 Å². The van der Waals surface area contributed by atoms with Crippen LogP contribution >= 0.6 is 0 Å². The molecule has 0 heterocycles. The van der Waals surface area contributed by atoms with Gasteiger partial charge in [0.2, 0.25) is 5.91 Å². The average Bonchev–Trinajstić information content (AvgIpc) is 2.69. The van der Waals surface area contributed by atoms with E-state index in [0.717, 1.165) is 11.1 Å². The van der Waals surface area contributed by atoms with E-state index in [1.807, 2.05) is 64.1 Å². The molecule has 0 aromatic heterocycles. The molecule has 0 radical (unpaired) electrons. The summed E-state index contributed by atoms with van der Waals surface area (Å²) in [4.78, 5) is 24.5. The van der Waals surface area contributed by atoms with E-state index in [1.165, 1.54) is 0 Å². The minimum Gasteiger partial charge on any atom is -0.490 e. The molecule has 0 aliphatic carbocycles. The molecule has 0 unspecified atom stereocenters. The Bertz CT molecular complexity index is 835. The predicted molar refractivity (Wildman–Crippen MR) is 113 cm³/mol. The zero-order valence-electron chi connectivity index (χ0n) is 17.6. The third-order valence-corrected chi connectivity index (χ3v) is 4.47. The SMILES string of the molecule is CCOc1ccc([C@@H](C)NC(=O)CCNC(=O)c2ccccc2C)cc1OCC. The summed E-state index contributed by atoms with van der Waals surface area (Å²) in [6.07, 6.45) is 0.206. The number of rotatable bonds is 10. The van der Waals surface area contributed by atoms with Gasteiger partial charge in [-0.05, 0) is 57.0 Å². The first-order valence-corrected chi connectivity index (χ1v) is 9.99. The number of nitrogens with one attached hydrogen (secondary N) is 2. The molecule has 0 spiro atoms. The molecule has 1 atom stereocenters. The van der Waals surface area contributed by atoms with Crippen LogP contribution in [0, 0.1) is 6.92 Å². The zero-order chi connectivity index (χ0) is 21.2. The first-order chi connectivity index (χ1) is 14.0. The highest BCUT2D eigenvalue weighted by Crippen LogP contribution is 2.30. The summed E-state index contributed by atoms with van der Waals surface area (Å²) in [7, 11) is 0. The molecule has 0 bridgehead atoms. The largest absolute Gasteiger partial charge is 0.490 e. The molecule has 2 aromatic rings. The van der Waals surface area contributed by atoms with Crippen LogP contribution in [0.25, 0.3) is 0 Å². The number of amides is 2. The minimum atomic E-state index is -0.190. The molecule has 2 amide bonds. The van der Waals surface area contributed by atoms with Crippen molar-refractivity contribution in [3.05, 3.63) is 59.2 Å². The van der Waals surface area contributed by atoms with Crippen molar-refractivity contribution in [1.82, 2.24) is 10.6 Å². The van der Waals surface area contributed by atoms with Crippen molar-refractivity contribution < 1.29 is 19.1 Å². The first kappa shape index (κ1) is 22.3. The minimum absolute atomic E-state index is 0.130. The zero-order valence-corrected chi connectivity index (χ0v) is 17.6. The first-order valence-electron chi connectivity index (χ1n) is 9.99. The number of hydrogen-bond donors (Lipinski definition) is 2. The number of benzene rings is 2. The molecular formula is C23H30N2O4. The molecule has 2 aromatic carbocycles. The summed E-state index contributed by atoms with van der Waals surface area (Å²) in [6.45, 7) is 9.00. The maximum absolute atomic E-state index is 12.3. The lowest BCUT2D eigenvalue weighted by atomic mass is 10.1. The molecule has 156 valence electrons. The van der Waals surface area contributed by atoms with Gasteiger partial charge in [-0.2, -0.15) is 0 Å². The van der Waals surface area contributed by atoms with E-state index < -0.39 is 0 Å². The van der Waals surface area contributed by atoms with E-state index in [4.69, 9.17) is 9.47 Å². The van der Waals surface area contributed by atoms with E-state index in [0.29, 0.717) is 30.3 Å². The van der Waals surface area contributed by atoms with Gasteiger partial charge in [-0.15, -0.1) is 0 Å². The van der Waals surface area contributed by atoms with Crippen LogP contribution in [0.15, 0.2) is 42.5 Å². The van der Waals surface area contributed by atoms with E-state index >= 15 is 0 Å². The summed E-state index contributed by atoms with van der Waals surface area (Å²) >= 11 is 0. The van der Waals surface area contributed by atoms with Gasteiger partial charge in [-0.1, -0.05) is 24.3 Å². The Morgan fingerprint density at radius 3 is 2.38 bits per heavy atom. The number of carbonyl (C=O) groups is 2. The molecule has 0 fully saturated rings. The fourth-order valence-electron chi connectivity index (χ4n) is 2.95. The Morgan fingerprint density at radius 1 is 1.00 bits per heavy atom. The van der Waals surface area contributed by atoms with Crippen LogP contribution in [-0.2, 0) is 4.79 Å². The lowest BCUT2D eigenvalue weighted by molar-refractivity contribution is -0.121. The Labute approximate surface area is 172 Å². The highest BCUT2D eigenvalue weighted by molar-refractivity contribution is 5.95. The predicted octanol–water partition coefficient (Wildman–Crippen LogP) is 3.79. The van der Waals surface area contributed by atoms with Crippen LogP contribution in [0.5, 0.6) is 11.5 Å². The second kappa shape index (κ2) is 11.1. The van der Waals surface area contributed by atoms with E-state index in [9.17, 15) is 9.59 Å². The summed E-state index contributed by atoms with van der Waals surface area (Å²) in [5.41, 5.74) is 2.46. The second-order valence-electron chi connectivity index (χ2n) is 6.68. The molecule has 0 saturated carbocycles. The fraction of sp³-hybridized carbons (Fsp3) is 0.391. The monoisotopic (exact) mass is 398 g/mol. The average molecular weight is 399 g/mol. The Balaban J connectivity index is 1.87. The number of carbonyl (C=O) groups excluding carboxylic acids is 2. The normalized spacial score (nSPS) is 11.4. The van der Waals surface area contributed by atoms with Gasteiger partial charge in [0.15, 0.2) is 11.5 Å². The van der Waals surface area contributed by atoms with Gasteiger partial charge in [0.05, 0.1) is 19.3 Å². The van der Waals surface area contributed by atoms with E-state index in [1.54, 1.807) is 6.07 Å². The quantitative estimate of drug-likeness (QED) is 0.638. The van der Waals surface area contributed by atoms with Gasteiger partial charge in [0.1, 0.15) is 0 Å². The van der Waals surface area contributed by atoms with Crippen molar-refractivity contribution in [1.29, 1.82) is 0 Å². The van der Waals surface area contributed by atoms with Crippen molar-refractivity contribution >= 4 is 11.8 Å². The van der Waals surface area contributed by atoms with Crippen LogP contribution in [-0.4, -0.2) is 31.6 Å². The third-order valence-electron chi connectivity index (χ3n) is 4.47. The van der Waals surface area contributed by atoms with Crippen LogP contribution < -0.4 is 20.1 Å². The van der Waals surface area contributed by atoms with Crippen LogP contribution in [0.1, 0.15) is 54.7 Å². The molecule has 2 rings (SSSR count). The molecule has 6 nitrogen and oxygen atoms in total. The van der Waals surface area contributed by atoms with E-state index in [-0.39, 0.29) is 30.8 Å². The second-order valence-corrected chi connectivity index (χ2v) is 6.68. The molecule has 0 saturated heterocycles. The number of ether oxygens (including phenoxy) is 2. The van der Waals surface area contributed by atoms with Crippen LogP contribution in [0.4, 0.5) is 0 Å². The van der Waals surface area contributed by atoms with Gasteiger partial charge in [-0.25, -0.2) is 0 Å². The number of hydrogen-bond acceptors (Lipinski definition) is 4. The van der Waals surface area contributed by atoms with Gasteiger partial charge < -0.3 is 20.1 Å². The van der Waals surface area contributed by atoms with Gasteiger partial charge in [-0.3, -0.25) is 9.59 Å². The molecule has 2 N–H and O–H groups in total. The molecule has 0 aliphatic heterocycles. The van der Waals surface area contributed by atoms with Crippen molar-refractivity contribution in [2.45, 2.75) is 40.2 Å². The summed E-state index contributed by atoms with van der Waals surface area (Å²) < 4.78 is 11.2. The van der Waals surface area contributed by atoms with Crippen molar-refractivity contribution in [2.24, 2.45) is 0 Å². The lowest BCUT2D eigenvalue weighted by Crippen LogP contribution is -2.32. The third kappa shape index (κ3) is 6.52. The fourth-order valence-corrected chi connectivity index (χ4v) is 2.95. The molecule has 6 heteroatoms. The standard InChI is InChI=1S/C23H30N2O4/c1-5-28-20-12-11-18(15-21(20)29-6-2)17(4)25-22(26)13-14-24-23(27)19-10-8-7-9-16(19)3/h7-12,15,17H,5-6,13-14H2,1-4H3,(H,24,27)(H,25,26)/t17-/m1/s1. The summed E-state index contributed by atoms with van der Waals surface area (Å²) in [5.74, 6) is 1.06. The van der Waals surface area contributed by atoms with Crippen molar-refractivity contribution in [3.8, 4) is 11.5 Å². The highest BCUT2D eigenvalue weighted by atomic mass is 16.5. The Kier molecular flexibility index (Phi) is 8.52. The molecule has 0 aliphatic rings. The topological polar surface area (TPSA) is 76.7 Å². The maximum atomic E-state index is 12.3. The number of aryl methyl sites for hydroxylation is 1. The van der Waals surface area contributed by atoms with Crippen molar-refractivity contribution in [3.63, 3.8) is 0 Å². The lowest BCUT2D eigenvalue weighted by Gasteiger charge is -2.17. The van der Waals surface area contributed by atoms with Gasteiger partial charge in [0, 0.05) is 18.5 Å². The highest BCUT2D eigenvalue weighted by Gasteiger charge is 2.14.